The highest BCUT2D eigenvalue weighted by Crippen LogP contribution is 2.36. The highest BCUT2D eigenvalue weighted by molar-refractivity contribution is 6.32. The minimum Gasteiger partial charge on any atom is -0.493 e. The van der Waals surface area contributed by atoms with Gasteiger partial charge in [-0.1, -0.05) is 65.3 Å². The van der Waals surface area contributed by atoms with Crippen LogP contribution < -0.4 is 14.2 Å². The van der Waals surface area contributed by atoms with Crippen molar-refractivity contribution in [2.45, 2.75) is 0 Å². The topological polar surface area (TPSA) is 60.3 Å². The molecule has 3 rings (SSSR count). The van der Waals surface area contributed by atoms with Crippen molar-refractivity contribution >= 4 is 17.8 Å². The zero-order chi connectivity index (χ0) is 19.8. The summed E-state index contributed by atoms with van der Waals surface area (Å²) >= 11 is 6.26. The largest absolute Gasteiger partial charge is 0.493 e. The normalized spacial score (nSPS) is 10.8. The number of benzene rings is 3. The lowest BCUT2D eigenvalue weighted by Crippen LogP contribution is -2.10. The summed E-state index contributed by atoms with van der Waals surface area (Å²) < 4.78 is 17.0. The molecule has 28 heavy (non-hydrogen) atoms. The molecule has 1 N–H and O–H groups in total. The standard InChI is InChI=1S/C22H20ClNO4/c1-26-21-14-16(15-24-25)13-19(23)22(21)28-12-11-27-20-10-6-5-9-18(20)17-7-3-2-4-8-17/h2-10,13-15,25H,11-12H2,1H3. The Bertz CT molecular complexity index is 945. The van der Waals surface area contributed by atoms with Crippen molar-refractivity contribution < 1.29 is 19.4 Å². The van der Waals surface area contributed by atoms with E-state index in [9.17, 15) is 0 Å². The molecule has 3 aromatic rings. The van der Waals surface area contributed by atoms with Gasteiger partial charge < -0.3 is 19.4 Å². The van der Waals surface area contributed by atoms with Gasteiger partial charge in [-0.15, -0.1) is 0 Å². The van der Waals surface area contributed by atoms with Crippen molar-refractivity contribution in [1.82, 2.24) is 0 Å². The molecular weight excluding hydrogens is 378 g/mol. The number of hydrogen-bond acceptors (Lipinski definition) is 5. The molecule has 0 heterocycles. The van der Waals surface area contributed by atoms with Crippen LogP contribution in [-0.2, 0) is 0 Å². The Hall–Kier alpha value is -3.18. The van der Waals surface area contributed by atoms with E-state index in [1.54, 1.807) is 12.1 Å². The van der Waals surface area contributed by atoms with Crippen LogP contribution >= 0.6 is 11.6 Å². The first-order chi connectivity index (χ1) is 13.7. The minimum absolute atomic E-state index is 0.284. The van der Waals surface area contributed by atoms with Gasteiger partial charge in [0.05, 0.1) is 18.3 Å². The summed E-state index contributed by atoms with van der Waals surface area (Å²) in [6, 6.07) is 21.2. The molecule has 0 unspecified atom stereocenters. The van der Waals surface area contributed by atoms with Crippen LogP contribution in [0.5, 0.6) is 17.2 Å². The highest BCUT2D eigenvalue weighted by Gasteiger charge is 2.12. The molecule has 0 aliphatic rings. The number of hydrogen-bond donors (Lipinski definition) is 1. The number of rotatable bonds is 8. The second-order valence-electron chi connectivity index (χ2n) is 5.84. The number of para-hydroxylation sites is 1. The molecule has 0 spiro atoms. The molecule has 0 bridgehead atoms. The van der Waals surface area contributed by atoms with Gasteiger partial charge in [0.2, 0.25) is 0 Å². The molecule has 6 heteroatoms. The molecule has 0 amide bonds. The number of methoxy groups -OCH3 is 1. The predicted molar refractivity (Wildman–Crippen MR) is 110 cm³/mol. The summed E-state index contributed by atoms with van der Waals surface area (Å²) in [4.78, 5) is 0. The van der Waals surface area contributed by atoms with E-state index in [0.717, 1.165) is 16.9 Å². The quantitative estimate of drug-likeness (QED) is 0.243. The monoisotopic (exact) mass is 397 g/mol. The molecule has 0 fully saturated rings. The summed E-state index contributed by atoms with van der Waals surface area (Å²) in [7, 11) is 1.52. The van der Waals surface area contributed by atoms with Crippen molar-refractivity contribution in [1.29, 1.82) is 0 Å². The zero-order valence-corrected chi connectivity index (χ0v) is 16.1. The maximum Gasteiger partial charge on any atom is 0.179 e. The van der Waals surface area contributed by atoms with Gasteiger partial charge in [0.15, 0.2) is 11.5 Å². The van der Waals surface area contributed by atoms with Crippen LogP contribution in [0.1, 0.15) is 5.56 Å². The molecular formula is C22H20ClNO4. The van der Waals surface area contributed by atoms with E-state index in [2.05, 4.69) is 5.16 Å². The Morgan fingerprint density at radius 1 is 0.929 bits per heavy atom. The van der Waals surface area contributed by atoms with E-state index in [0.29, 0.717) is 28.7 Å². The Morgan fingerprint density at radius 3 is 2.39 bits per heavy atom. The van der Waals surface area contributed by atoms with Crippen molar-refractivity contribution in [2.24, 2.45) is 5.16 Å². The Labute approximate surface area is 168 Å². The molecule has 0 saturated heterocycles. The highest BCUT2D eigenvalue weighted by atomic mass is 35.5. The molecule has 0 atom stereocenters. The summed E-state index contributed by atoms with van der Waals surface area (Å²) in [6.45, 7) is 0.621. The lowest BCUT2D eigenvalue weighted by atomic mass is 10.1. The van der Waals surface area contributed by atoms with Gasteiger partial charge in [-0.2, -0.15) is 0 Å². The van der Waals surface area contributed by atoms with Gasteiger partial charge in [0.25, 0.3) is 0 Å². The molecule has 0 aliphatic heterocycles. The number of oxime groups is 1. The molecule has 0 radical (unpaired) electrons. The first-order valence-electron chi connectivity index (χ1n) is 8.68. The molecule has 0 aromatic heterocycles. The molecule has 0 saturated carbocycles. The van der Waals surface area contributed by atoms with E-state index < -0.39 is 0 Å². The van der Waals surface area contributed by atoms with Gasteiger partial charge in [-0.3, -0.25) is 0 Å². The Morgan fingerprint density at radius 2 is 1.64 bits per heavy atom. The SMILES string of the molecule is COc1cc(C=NO)cc(Cl)c1OCCOc1ccccc1-c1ccccc1. The van der Waals surface area contributed by atoms with E-state index in [-0.39, 0.29) is 6.61 Å². The number of nitrogens with zero attached hydrogens (tertiary/aromatic N) is 1. The Kier molecular flexibility index (Phi) is 6.76. The third-order valence-electron chi connectivity index (χ3n) is 4.02. The third kappa shape index (κ3) is 4.75. The Balaban J connectivity index is 1.66. The molecule has 3 aromatic carbocycles. The van der Waals surface area contributed by atoms with E-state index in [1.807, 2.05) is 54.6 Å². The summed E-state index contributed by atoms with van der Waals surface area (Å²) in [5.41, 5.74) is 2.71. The second kappa shape index (κ2) is 9.67. The van der Waals surface area contributed by atoms with Crippen LogP contribution in [0.3, 0.4) is 0 Å². The lowest BCUT2D eigenvalue weighted by Gasteiger charge is -2.15. The van der Waals surface area contributed by atoms with Crippen LogP contribution in [0.15, 0.2) is 71.9 Å². The van der Waals surface area contributed by atoms with Crippen LogP contribution in [0.2, 0.25) is 5.02 Å². The fraction of sp³-hybridized carbons (Fsp3) is 0.136. The van der Waals surface area contributed by atoms with Crippen LogP contribution in [0.4, 0.5) is 0 Å². The van der Waals surface area contributed by atoms with Crippen LogP contribution in [0.25, 0.3) is 11.1 Å². The smallest absolute Gasteiger partial charge is 0.179 e. The lowest BCUT2D eigenvalue weighted by molar-refractivity contribution is 0.212. The number of halogens is 1. The van der Waals surface area contributed by atoms with Crippen molar-refractivity contribution in [3.8, 4) is 28.4 Å². The summed E-state index contributed by atoms with van der Waals surface area (Å²) in [6.07, 6.45) is 1.27. The average Bonchev–Trinajstić information content (AvgIpc) is 2.73. The van der Waals surface area contributed by atoms with E-state index in [1.165, 1.54) is 13.3 Å². The van der Waals surface area contributed by atoms with Crippen LogP contribution in [-0.4, -0.2) is 31.7 Å². The first kappa shape index (κ1) is 19.6. The molecule has 144 valence electrons. The third-order valence-corrected chi connectivity index (χ3v) is 4.30. The molecule has 5 nitrogen and oxygen atoms in total. The fourth-order valence-corrected chi connectivity index (χ4v) is 3.04. The maximum absolute atomic E-state index is 8.67. The van der Waals surface area contributed by atoms with Crippen molar-refractivity contribution in [3.05, 3.63) is 77.3 Å². The maximum atomic E-state index is 8.67. The van der Waals surface area contributed by atoms with Gasteiger partial charge in [-0.05, 0) is 23.8 Å². The fourth-order valence-electron chi connectivity index (χ4n) is 2.77. The summed E-state index contributed by atoms with van der Waals surface area (Å²) in [5, 5.41) is 12.0. The van der Waals surface area contributed by atoms with Gasteiger partial charge in [-0.25, -0.2) is 0 Å². The van der Waals surface area contributed by atoms with Crippen molar-refractivity contribution in [2.75, 3.05) is 20.3 Å². The summed E-state index contributed by atoms with van der Waals surface area (Å²) in [5.74, 6) is 1.65. The minimum atomic E-state index is 0.284. The average molecular weight is 398 g/mol. The molecule has 0 aliphatic carbocycles. The van der Waals surface area contributed by atoms with Crippen LogP contribution in [0, 0.1) is 0 Å². The zero-order valence-electron chi connectivity index (χ0n) is 15.3. The van der Waals surface area contributed by atoms with Gasteiger partial charge in [0.1, 0.15) is 19.0 Å². The van der Waals surface area contributed by atoms with Gasteiger partial charge >= 0.3 is 0 Å². The van der Waals surface area contributed by atoms with Gasteiger partial charge in [0, 0.05) is 11.1 Å². The van der Waals surface area contributed by atoms with Crippen molar-refractivity contribution in [3.63, 3.8) is 0 Å². The predicted octanol–water partition coefficient (Wildman–Crippen LogP) is 5.28. The second-order valence-corrected chi connectivity index (χ2v) is 6.24. The number of ether oxygens (including phenoxy) is 3. The van der Waals surface area contributed by atoms with E-state index >= 15 is 0 Å². The van der Waals surface area contributed by atoms with E-state index in [4.69, 9.17) is 31.0 Å². The first-order valence-corrected chi connectivity index (χ1v) is 9.05.